The molecule has 19 heavy (non-hydrogen) atoms. The molecule has 7 heteroatoms. The van der Waals surface area contributed by atoms with Gasteiger partial charge in [-0.05, 0) is 25.7 Å². The molecular weight excluding hydrogens is 259 g/mol. The quantitative estimate of drug-likeness (QED) is 0.869. The Morgan fingerprint density at radius 1 is 1.42 bits per heavy atom. The van der Waals surface area contributed by atoms with Gasteiger partial charge in [0, 0.05) is 24.5 Å². The highest BCUT2D eigenvalue weighted by atomic mass is 19.4. The molecule has 0 aliphatic heterocycles. The molecule has 1 aliphatic rings. The Hall–Kier alpha value is -1.08. The van der Waals surface area contributed by atoms with Crippen molar-refractivity contribution < 1.29 is 17.9 Å². The Balaban J connectivity index is 1.71. The van der Waals surface area contributed by atoms with Crippen molar-refractivity contribution >= 4 is 0 Å². The molecule has 1 aromatic rings. The molecule has 1 saturated carbocycles. The third kappa shape index (κ3) is 5.20. The van der Waals surface area contributed by atoms with Crippen LogP contribution in [0.2, 0.25) is 0 Å². The van der Waals surface area contributed by atoms with E-state index in [-0.39, 0.29) is 12.1 Å². The summed E-state index contributed by atoms with van der Waals surface area (Å²) in [5, 5.41) is 3.32. The summed E-state index contributed by atoms with van der Waals surface area (Å²) in [6, 6.07) is 0.204. The molecule has 0 radical (unpaired) electrons. The Bertz CT molecular complexity index is 367. The van der Waals surface area contributed by atoms with Crippen LogP contribution in [0.1, 0.15) is 31.4 Å². The average molecular weight is 277 g/mol. The highest BCUT2D eigenvalue weighted by Gasteiger charge is 2.31. The maximum absolute atomic E-state index is 12.1. The molecule has 1 aromatic heterocycles. The fourth-order valence-corrected chi connectivity index (χ4v) is 2.33. The van der Waals surface area contributed by atoms with Gasteiger partial charge in [0.2, 0.25) is 0 Å². The monoisotopic (exact) mass is 277 g/mol. The van der Waals surface area contributed by atoms with Crippen LogP contribution in [0.3, 0.4) is 0 Å². The largest absolute Gasteiger partial charge is 0.411 e. The zero-order valence-corrected chi connectivity index (χ0v) is 10.5. The first kappa shape index (κ1) is 14.3. The van der Waals surface area contributed by atoms with E-state index in [2.05, 4.69) is 15.3 Å². The minimum Gasteiger partial charge on any atom is -0.369 e. The van der Waals surface area contributed by atoms with Crippen LogP contribution in [0.5, 0.6) is 0 Å². The van der Waals surface area contributed by atoms with Gasteiger partial charge in [0.15, 0.2) is 0 Å². The van der Waals surface area contributed by atoms with Gasteiger partial charge in [-0.3, -0.25) is 0 Å². The Morgan fingerprint density at radius 3 is 2.95 bits per heavy atom. The van der Waals surface area contributed by atoms with E-state index in [0.29, 0.717) is 19.4 Å². The van der Waals surface area contributed by atoms with Crippen LogP contribution < -0.4 is 5.32 Å². The van der Waals surface area contributed by atoms with Gasteiger partial charge < -0.3 is 15.0 Å². The van der Waals surface area contributed by atoms with Crippen molar-refractivity contribution in [3.05, 3.63) is 18.2 Å². The smallest absolute Gasteiger partial charge is 0.369 e. The summed E-state index contributed by atoms with van der Waals surface area (Å²) in [5.41, 5.74) is 0.971. The molecule has 1 aliphatic carbocycles. The predicted molar refractivity (Wildman–Crippen MR) is 63.5 cm³/mol. The number of hydrogen-bond donors (Lipinski definition) is 2. The van der Waals surface area contributed by atoms with E-state index in [9.17, 15) is 13.2 Å². The SMILES string of the molecule is FC(F)(F)COC1CCCC(NCc2cnc[nH]2)C1. The maximum Gasteiger partial charge on any atom is 0.411 e. The van der Waals surface area contributed by atoms with Gasteiger partial charge in [-0.2, -0.15) is 13.2 Å². The Kier molecular flexibility index (Phi) is 4.81. The van der Waals surface area contributed by atoms with Crippen molar-refractivity contribution in [1.82, 2.24) is 15.3 Å². The lowest BCUT2D eigenvalue weighted by atomic mass is 9.93. The van der Waals surface area contributed by atoms with E-state index in [1.54, 1.807) is 12.5 Å². The molecule has 108 valence electrons. The van der Waals surface area contributed by atoms with Crippen molar-refractivity contribution in [2.75, 3.05) is 6.61 Å². The van der Waals surface area contributed by atoms with Crippen molar-refractivity contribution in [3.8, 4) is 0 Å². The van der Waals surface area contributed by atoms with Gasteiger partial charge in [-0.15, -0.1) is 0 Å². The molecule has 0 bridgehead atoms. The topological polar surface area (TPSA) is 49.9 Å². The minimum absolute atomic E-state index is 0.204. The third-order valence-corrected chi connectivity index (χ3v) is 3.24. The number of H-pyrrole nitrogens is 1. The van der Waals surface area contributed by atoms with Gasteiger partial charge in [0.05, 0.1) is 12.4 Å². The van der Waals surface area contributed by atoms with Crippen molar-refractivity contribution in [2.45, 2.75) is 50.6 Å². The lowest BCUT2D eigenvalue weighted by molar-refractivity contribution is -0.188. The fraction of sp³-hybridized carbons (Fsp3) is 0.750. The molecule has 2 atom stereocenters. The number of nitrogens with zero attached hydrogens (tertiary/aromatic N) is 1. The number of alkyl halides is 3. The standard InChI is InChI=1S/C12H18F3N3O/c13-12(14,15)7-19-11-3-1-2-9(4-11)17-6-10-5-16-8-18-10/h5,8-9,11,17H,1-4,6-7H2,(H,16,18). The minimum atomic E-state index is -4.24. The second-order valence-corrected chi connectivity index (χ2v) is 4.87. The molecule has 2 unspecified atom stereocenters. The Labute approximate surface area is 109 Å². The van der Waals surface area contributed by atoms with Gasteiger partial charge in [-0.1, -0.05) is 0 Å². The van der Waals surface area contributed by atoms with E-state index in [4.69, 9.17) is 4.74 Å². The van der Waals surface area contributed by atoms with Crippen LogP contribution in [0.25, 0.3) is 0 Å². The zero-order valence-electron chi connectivity index (χ0n) is 10.5. The molecular formula is C12H18F3N3O. The summed E-state index contributed by atoms with van der Waals surface area (Å²) < 4.78 is 41.2. The molecule has 0 aromatic carbocycles. The predicted octanol–water partition coefficient (Wildman–Crippen LogP) is 2.39. The first-order chi connectivity index (χ1) is 9.03. The first-order valence-electron chi connectivity index (χ1n) is 6.42. The van der Waals surface area contributed by atoms with E-state index in [1.165, 1.54) is 0 Å². The Morgan fingerprint density at radius 2 is 2.26 bits per heavy atom. The molecule has 2 rings (SSSR count). The molecule has 1 heterocycles. The summed E-state index contributed by atoms with van der Waals surface area (Å²) in [6.45, 7) is -0.498. The molecule has 0 spiro atoms. The van der Waals surface area contributed by atoms with E-state index >= 15 is 0 Å². The first-order valence-corrected chi connectivity index (χ1v) is 6.42. The molecule has 1 fully saturated rings. The molecule has 4 nitrogen and oxygen atoms in total. The number of rotatable bonds is 5. The second kappa shape index (κ2) is 6.38. The number of ether oxygens (including phenoxy) is 1. The van der Waals surface area contributed by atoms with Crippen LogP contribution >= 0.6 is 0 Å². The number of nitrogens with one attached hydrogen (secondary N) is 2. The van der Waals surface area contributed by atoms with Crippen molar-refractivity contribution in [1.29, 1.82) is 0 Å². The van der Waals surface area contributed by atoms with E-state index in [0.717, 1.165) is 18.5 Å². The van der Waals surface area contributed by atoms with Gasteiger partial charge in [-0.25, -0.2) is 4.98 Å². The van der Waals surface area contributed by atoms with Crippen LogP contribution in [0.4, 0.5) is 13.2 Å². The van der Waals surface area contributed by atoms with Crippen LogP contribution in [-0.4, -0.2) is 34.9 Å². The average Bonchev–Trinajstić information content (AvgIpc) is 2.87. The summed E-state index contributed by atoms with van der Waals surface area (Å²) in [4.78, 5) is 6.89. The molecule has 0 saturated heterocycles. The number of aromatic nitrogens is 2. The maximum atomic E-state index is 12.1. The normalized spacial score (nSPS) is 24.6. The van der Waals surface area contributed by atoms with Gasteiger partial charge in [0.1, 0.15) is 6.61 Å². The van der Waals surface area contributed by atoms with Crippen LogP contribution in [0.15, 0.2) is 12.5 Å². The lowest BCUT2D eigenvalue weighted by Crippen LogP contribution is -2.37. The van der Waals surface area contributed by atoms with E-state index < -0.39 is 12.8 Å². The molecule has 0 amide bonds. The zero-order chi connectivity index (χ0) is 13.7. The van der Waals surface area contributed by atoms with Gasteiger partial charge >= 0.3 is 6.18 Å². The number of aromatic amines is 1. The lowest BCUT2D eigenvalue weighted by Gasteiger charge is -2.30. The molecule has 2 N–H and O–H groups in total. The van der Waals surface area contributed by atoms with Crippen LogP contribution in [-0.2, 0) is 11.3 Å². The highest BCUT2D eigenvalue weighted by molar-refractivity contribution is 4.94. The second-order valence-electron chi connectivity index (χ2n) is 4.87. The highest BCUT2D eigenvalue weighted by Crippen LogP contribution is 2.24. The number of halogens is 3. The van der Waals surface area contributed by atoms with Gasteiger partial charge in [0.25, 0.3) is 0 Å². The fourth-order valence-electron chi connectivity index (χ4n) is 2.33. The van der Waals surface area contributed by atoms with Crippen LogP contribution in [0, 0.1) is 0 Å². The number of hydrogen-bond acceptors (Lipinski definition) is 3. The summed E-state index contributed by atoms with van der Waals surface area (Å²) in [5.74, 6) is 0. The third-order valence-electron chi connectivity index (χ3n) is 3.24. The van der Waals surface area contributed by atoms with Crippen molar-refractivity contribution in [2.24, 2.45) is 0 Å². The number of imidazole rings is 1. The summed E-state index contributed by atoms with van der Waals surface area (Å²) in [6.07, 6.45) is 2.00. The summed E-state index contributed by atoms with van der Waals surface area (Å²) in [7, 11) is 0. The summed E-state index contributed by atoms with van der Waals surface area (Å²) >= 11 is 0. The van der Waals surface area contributed by atoms with E-state index in [1.807, 2.05) is 0 Å². The van der Waals surface area contributed by atoms with Crippen molar-refractivity contribution in [3.63, 3.8) is 0 Å².